The number of carbonyl (C=O) groups is 1. The van der Waals surface area contributed by atoms with Gasteiger partial charge < -0.3 is 9.64 Å². The van der Waals surface area contributed by atoms with Crippen LogP contribution >= 0.6 is 0 Å². The van der Waals surface area contributed by atoms with Crippen LogP contribution in [0.25, 0.3) is 0 Å². The van der Waals surface area contributed by atoms with Crippen molar-refractivity contribution in [3.05, 3.63) is 77.6 Å². The summed E-state index contributed by atoms with van der Waals surface area (Å²) < 4.78 is 5.39. The maximum Gasteiger partial charge on any atom is 0.276 e. The number of nitrogens with zero attached hydrogens (tertiary/aromatic N) is 3. The second-order valence-corrected chi connectivity index (χ2v) is 6.38. The number of rotatable bonds is 4. The predicted octanol–water partition coefficient (Wildman–Crippen LogP) is 3.18. The molecule has 1 aliphatic heterocycles. The van der Waals surface area contributed by atoms with Crippen LogP contribution in [0.4, 0.5) is 0 Å². The van der Waals surface area contributed by atoms with E-state index >= 15 is 0 Å². The van der Waals surface area contributed by atoms with Crippen molar-refractivity contribution in [3.63, 3.8) is 0 Å². The second kappa shape index (κ2) is 7.00. The Morgan fingerprint density at radius 1 is 1.15 bits per heavy atom. The van der Waals surface area contributed by atoms with Gasteiger partial charge in [-0.1, -0.05) is 42.5 Å². The lowest BCUT2D eigenvalue weighted by atomic mass is 9.87. The van der Waals surface area contributed by atoms with Gasteiger partial charge in [-0.05, 0) is 29.7 Å². The van der Waals surface area contributed by atoms with Gasteiger partial charge in [0.1, 0.15) is 5.75 Å². The summed E-state index contributed by atoms with van der Waals surface area (Å²) in [5, 5.41) is 10.3. The summed E-state index contributed by atoms with van der Waals surface area (Å²) >= 11 is 0. The SMILES string of the molecule is COc1cccc([C@@H]2[C@H](c3ccccc3)CCN2C(=O)c2cn[nH]n2)c1. The van der Waals surface area contributed by atoms with Crippen molar-refractivity contribution >= 4 is 5.91 Å². The van der Waals surface area contributed by atoms with E-state index in [1.807, 2.05) is 41.3 Å². The van der Waals surface area contributed by atoms with E-state index in [-0.39, 0.29) is 17.9 Å². The average Bonchev–Trinajstić information content (AvgIpc) is 3.38. The van der Waals surface area contributed by atoms with E-state index in [2.05, 4.69) is 33.6 Å². The molecule has 4 rings (SSSR count). The van der Waals surface area contributed by atoms with Crippen LogP contribution in [-0.2, 0) is 0 Å². The number of hydrogen-bond acceptors (Lipinski definition) is 4. The molecule has 0 aliphatic carbocycles. The standard InChI is InChI=1S/C20H20N4O2/c1-26-16-9-5-8-15(12-16)19-17(14-6-3-2-4-7-14)10-11-24(19)20(25)18-13-21-23-22-18/h2-9,12-13,17,19H,10-11H2,1H3,(H,21,22,23)/t17-,19+/m0/s1. The highest BCUT2D eigenvalue weighted by molar-refractivity contribution is 5.92. The molecule has 2 aromatic carbocycles. The van der Waals surface area contributed by atoms with Crippen molar-refractivity contribution in [2.75, 3.05) is 13.7 Å². The second-order valence-electron chi connectivity index (χ2n) is 6.38. The first-order chi connectivity index (χ1) is 12.8. The predicted molar refractivity (Wildman–Crippen MR) is 97.0 cm³/mol. The van der Waals surface area contributed by atoms with Crippen molar-refractivity contribution < 1.29 is 9.53 Å². The van der Waals surface area contributed by atoms with Gasteiger partial charge in [-0.25, -0.2) is 0 Å². The number of benzene rings is 2. The third kappa shape index (κ3) is 2.94. The quantitative estimate of drug-likeness (QED) is 0.786. The highest BCUT2D eigenvalue weighted by atomic mass is 16.5. The first-order valence-corrected chi connectivity index (χ1v) is 8.63. The van der Waals surface area contributed by atoms with Gasteiger partial charge in [-0.2, -0.15) is 15.4 Å². The summed E-state index contributed by atoms with van der Waals surface area (Å²) in [6, 6.07) is 18.2. The van der Waals surface area contributed by atoms with Gasteiger partial charge in [0.25, 0.3) is 5.91 Å². The van der Waals surface area contributed by atoms with Crippen LogP contribution in [-0.4, -0.2) is 39.9 Å². The lowest BCUT2D eigenvalue weighted by molar-refractivity contribution is 0.0723. The highest BCUT2D eigenvalue weighted by Crippen LogP contribution is 2.44. The number of aromatic nitrogens is 3. The zero-order valence-corrected chi connectivity index (χ0v) is 14.5. The number of H-pyrrole nitrogens is 1. The molecular weight excluding hydrogens is 328 g/mol. The fourth-order valence-electron chi connectivity index (χ4n) is 3.76. The molecule has 1 amide bonds. The average molecular weight is 348 g/mol. The minimum Gasteiger partial charge on any atom is -0.497 e. The minimum atomic E-state index is -0.106. The minimum absolute atomic E-state index is 0.0725. The van der Waals surface area contributed by atoms with Crippen molar-refractivity contribution in [1.29, 1.82) is 0 Å². The van der Waals surface area contributed by atoms with Gasteiger partial charge >= 0.3 is 0 Å². The van der Waals surface area contributed by atoms with Gasteiger partial charge in [0.2, 0.25) is 0 Å². The van der Waals surface area contributed by atoms with Crippen molar-refractivity contribution in [3.8, 4) is 5.75 Å². The van der Waals surface area contributed by atoms with E-state index < -0.39 is 0 Å². The Labute approximate surface area is 151 Å². The highest BCUT2D eigenvalue weighted by Gasteiger charge is 2.39. The molecule has 3 aromatic rings. The van der Waals surface area contributed by atoms with Crippen LogP contribution in [0.5, 0.6) is 5.75 Å². The number of carbonyl (C=O) groups excluding carboxylic acids is 1. The molecule has 1 aliphatic rings. The number of aromatic amines is 1. The van der Waals surface area contributed by atoms with Crippen LogP contribution in [0.15, 0.2) is 60.8 Å². The molecule has 6 heteroatoms. The van der Waals surface area contributed by atoms with Gasteiger partial charge in [0, 0.05) is 12.5 Å². The molecule has 2 heterocycles. The monoisotopic (exact) mass is 348 g/mol. The van der Waals surface area contributed by atoms with Gasteiger partial charge in [-0.15, -0.1) is 0 Å². The number of likely N-dealkylation sites (tertiary alicyclic amines) is 1. The summed E-state index contributed by atoms with van der Waals surface area (Å²) in [7, 11) is 1.65. The summed E-state index contributed by atoms with van der Waals surface area (Å²) in [6.07, 6.45) is 2.37. The third-order valence-corrected chi connectivity index (χ3v) is 4.96. The molecule has 0 radical (unpaired) electrons. The van der Waals surface area contributed by atoms with Crippen LogP contribution in [0.2, 0.25) is 0 Å². The van der Waals surface area contributed by atoms with Crippen molar-refractivity contribution in [2.45, 2.75) is 18.4 Å². The number of ether oxygens (including phenoxy) is 1. The van der Waals surface area contributed by atoms with Crippen molar-refractivity contribution in [2.24, 2.45) is 0 Å². The Balaban J connectivity index is 1.75. The summed E-state index contributed by atoms with van der Waals surface area (Å²) in [6.45, 7) is 0.674. The molecule has 0 bridgehead atoms. The molecule has 26 heavy (non-hydrogen) atoms. The summed E-state index contributed by atoms with van der Waals surface area (Å²) in [5.74, 6) is 0.902. The largest absolute Gasteiger partial charge is 0.497 e. The molecule has 132 valence electrons. The smallest absolute Gasteiger partial charge is 0.276 e. The zero-order chi connectivity index (χ0) is 17.9. The molecule has 1 aromatic heterocycles. The van der Waals surface area contributed by atoms with Crippen molar-refractivity contribution in [1.82, 2.24) is 20.3 Å². The van der Waals surface area contributed by atoms with E-state index in [1.54, 1.807) is 7.11 Å². The fraction of sp³-hybridized carbons (Fsp3) is 0.250. The molecule has 2 atom stereocenters. The van der Waals surface area contributed by atoms with Crippen LogP contribution in [0.1, 0.15) is 40.0 Å². The first-order valence-electron chi connectivity index (χ1n) is 8.63. The summed E-state index contributed by atoms with van der Waals surface area (Å²) in [5.41, 5.74) is 2.63. The third-order valence-electron chi connectivity index (χ3n) is 4.96. The Bertz CT molecular complexity index is 880. The van der Waals surface area contributed by atoms with E-state index in [9.17, 15) is 4.79 Å². The van der Waals surface area contributed by atoms with E-state index in [0.29, 0.717) is 12.2 Å². The lowest BCUT2D eigenvalue weighted by Crippen LogP contribution is -2.32. The maximum absolute atomic E-state index is 13.0. The molecule has 0 unspecified atom stereocenters. The summed E-state index contributed by atoms with van der Waals surface area (Å²) in [4.78, 5) is 14.9. The van der Waals surface area contributed by atoms with E-state index in [4.69, 9.17) is 4.74 Å². The lowest BCUT2D eigenvalue weighted by Gasteiger charge is -2.28. The Morgan fingerprint density at radius 2 is 1.96 bits per heavy atom. The van der Waals surface area contributed by atoms with Gasteiger partial charge in [0.05, 0.1) is 19.3 Å². The van der Waals surface area contributed by atoms with Crippen LogP contribution in [0.3, 0.4) is 0 Å². The number of methoxy groups -OCH3 is 1. The molecular formula is C20H20N4O2. The number of nitrogens with one attached hydrogen (secondary N) is 1. The van der Waals surface area contributed by atoms with E-state index in [0.717, 1.165) is 17.7 Å². The molecule has 0 saturated carbocycles. The Kier molecular flexibility index (Phi) is 4.39. The first kappa shape index (κ1) is 16.3. The topological polar surface area (TPSA) is 71.1 Å². The molecule has 6 nitrogen and oxygen atoms in total. The normalized spacial score (nSPS) is 19.5. The zero-order valence-electron chi connectivity index (χ0n) is 14.5. The Morgan fingerprint density at radius 3 is 2.69 bits per heavy atom. The maximum atomic E-state index is 13.0. The van der Waals surface area contributed by atoms with E-state index in [1.165, 1.54) is 11.8 Å². The Hall–Kier alpha value is -3.15. The van der Waals surface area contributed by atoms with Crippen LogP contribution < -0.4 is 4.74 Å². The van der Waals surface area contributed by atoms with Gasteiger partial charge in [-0.3, -0.25) is 4.79 Å². The number of hydrogen-bond donors (Lipinski definition) is 1. The molecule has 0 spiro atoms. The fourth-order valence-corrected chi connectivity index (χ4v) is 3.76. The molecule has 1 fully saturated rings. The van der Waals surface area contributed by atoms with Crippen LogP contribution in [0, 0.1) is 0 Å². The molecule has 1 saturated heterocycles. The number of amides is 1. The molecule has 1 N–H and O–H groups in total. The van der Waals surface area contributed by atoms with Gasteiger partial charge in [0.15, 0.2) is 5.69 Å².